The summed E-state index contributed by atoms with van der Waals surface area (Å²) in [7, 11) is 1.50. The molecular formula is C17H23NO2. The molecule has 3 heteroatoms. The van der Waals surface area contributed by atoms with E-state index in [1.165, 1.54) is 24.7 Å². The van der Waals surface area contributed by atoms with Crippen LogP contribution in [0.1, 0.15) is 43.2 Å². The van der Waals surface area contributed by atoms with Crippen molar-refractivity contribution in [3.63, 3.8) is 0 Å². The van der Waals surface area contributed by atoms with Crippen molar-refractivity contribution >= 4 is 5.97 Å². The van der Waals surface area contributed by atoms with Crippen LogP contribution in [0.15, 0.2) is 24.3 Å². The van der Waals surface area contributed by atoms with Crippen molar-refractivity contribution < 1.29 is 9.53 Å². The lowest BCUT2D eigenvalue weighted by Crippen LogP contribution is -2.48. The summed E-state index contributed by atoms with van der Waals surface area (Å²) in [6.45, 7) is 2.16. The molecule has 2 aliphatic rings. The quantitative estimate of drug-likeness (QED) is 0.860. The van der Waals surface area contributed by atoms with Crippen molar-refractivity contribution in [1.82, 2.24) is 5.32 Å². The minimum atomic E-state index is -0.0626. The van der Waals surface area contributed by atoms with E-state index in [-0.39, 0.29) is 17.9 Å². The lowest BCUT2D eigenvalue weighted by atomic mass is 9.77. The Hall–Kier alpha value is -1.35. The highest BCUT2D eigenvalue weighted by atomic mass is 16.5. The van der Waals surface area contributed by atoms with Crippen LogP contribution in [0.5, 0.6) is 0 Å². The van der Waals surface area contributed by atoms with Crippen LogP contribution < -0.4 is 5.32 Å². The molecule has 1 aromatic rings. The van der Waals surface area contributed by atoms with Gasteiger partial charge < -0.3 is 10.1 Å². The number of nitrogens with one attached hydrogen (secondary N) is 1. The lowest BCUT2D eigenvalue weighted by Gasteiger charge is -2.36. The standard InChI is InChI=1S/C17H23NO2/c1-3-11-4-6-12(7-5-11)14-10-13-8-9-15(18-13)16(14)17(19)20-2/h4-7,13-16,18H,3,8-10H2,1-2H3/t13-,14-,15?,16+/m1/s1. The average Bonchev–Trinajstić information content (AvgIpc) is 2.88. The smallest absolute Gasteiger partial charge is 0.310 e. The van der Waals surface area contributed by atoms with E-state index < -0.39 is 0 Å². The number of carbonyl (C=O) groups excluding carboxylic acids is 1. The number of ether oxygens (including phenoxy) is 1. The minimum Gasteiger partial charge on any atom is -0.469 e. The van der Waals surface area contributed by atoms with Crippen LogP contribution in [0.3, 0.4) is 0 Å². The van der Waals surface area contributed by atoms with E-state index in [1.54, 1.807) is 0 Å². The summed E-state index contributed by atoms with van der Waals surface area (Å²) < 4.78 is 5.06. The summed E-state index contributed by atoms with van der Waals surface area (Å²) >= 11 is 0. The van der Waals surface area contributed by atoms with E-state index in [0.29, 0.717) is 12.0 Å². The van der Waals surface area contributed by atoms with Gasteiger partial charge in [-0.05, 0) is 36.8 Å². The van der Waals surface area contributed by atoms with E-state index in [0.717, 1.165) is 19.3 Å². The summed E-state index contributed by atoms with van der Waals surface area (Å²) in [4.78, 5) is 12.2. The molecule has 1 unspecified atom stereocenters. The second-order valence-corrected chi connectivity index (χ2v) is 6.03. The molecule has 2 saturated heterocycles. The van der Waals surface area contributed by atoms with Gasteiger partial charge in [0.15, 0.2) is 0 Å². The van der Waals surface area contributed by atoms with E-state index in [1.807, 2.05) is 0 Å². The zero-order chi connectivity index (χ0) is 14.1. The first-order chi connectivity index (χ1) is 9.72. The molecule has 1 N–H and O–H groups in total. The van der Waals surface area contributed by atoms with E-state index >= 15 is 0 Å². The zero-order valence-corrected chi connectivity index (χ0v) is 12.3. The Labute approximate surface area is 120 Å². The molecule has 108 valence electrons. The molecule has 20 heavy (non-hydrogen) atoms. The van der Waals surface area contributed by atoms with E-state index in [2.05, 4.69) is 36.5 Å². The number of benzene rings is 1. The highest BCUT2D eigenvalue weighted by molar-refractivity contribution is 5.75. The van der Waals surface area contributed by atoms with Gasteiger partial charge in [-0.3, -0.25) is 4.79 Å². The van der Waals surface area contributed by atoms with Gasteiger partial charge in [-0.25, -0.2) is 0 Å². The summed E-state index contributed by atoms with van der Waals surface area (Å²) in [5, 5.41) is 3.58. The number of hydrogen-bond donors (Lipinski definition) is 1. The Morgan fingerprint density at radius 3 is 2.70 bits per heavy atom. The van der Waals surface area contributed by atoms with Gasteiger partial charge in [-0.2, -0.15) is 0 Å². The second kappa shape index (κ2) is 5.57. The molecule has 0 spiro atoms. The Kier molecular flexibility index (Phi) is 3.79. The van der Waals surface area contributed by atoms with Gasteiger partial charge in [0.25, 0.3) is 0 Å². The third-order valence-electron chi connectivity index (χ3n) is 4.97. The highest BCUT2D eigenvalue weighted by Crippen LogP contribution is 2.42. The molecule has 2 bridgehead atoms. The van der Waals surface area contributed by atoms with Crippen LogP contribution >= 0.6 is 0 Å². The van der Waals surface area contributed by atoms with Crippen LogP contribution in [0.25, 0.3) is 0 Å². The Bertz CT molecular complexity index is 482. The van der Waals surface area contributed by atoms with Crippen LogP contribution in [-0.2, 0) is 16.0 Å². The maximum Gasteiger partial charge on any atom is 0.310 e. The fraction of sp³-hybridized carbons (Fsp3) is 0.588. The van der Waals surface area contributed by atoms with Gasteiger partial charge in [0, 0.05) is 18.0 Å². The number of hydrogen-bond acceptors (Lipinski definition) is 3. The molecule has 3 nitrogen and oxygen atoms in total. The van der Waals surface area contributed by atoms with Crippen molar-refractivity contribution in [2.45, 2.75) is 50.6 Å². The normalized spacial score (nSPS) is 32.1. The number of fused-ring (bicyclic) bond motifs is 2. The molecular weight excluding hydrogens is 250 g/mol. The van der Waals surface area contributed by atoms with Crippen molar-refractivity contribution in [2.24, 2.45) is 5.92 Å². The fourth-order valence-corrected chi connectivity index (χ4v) is 3.86. The first-order valence-corrected chi connectivity index (χ1v) is 7.65. The van der Waals surface area contributed by atoms with Crippen LogP contribution in [0, 0.1) is 5.92 Å². The van der Waals surface area contributed by atoms with Crippen molar-refractivity contribution in [3.8, 4) is 0 Å². The molecule has 0 amide bonds. The van der Waals surface area contributed by atoms with Crippen LogP contribution in [0.2, 0.25) is 0 Å². The molecule has 2 fully saturated rings. The zero-order valence-electron chi connectivity index (χ0n) is 12.3. The third-order valence-corrected chi connectivity index (χ3v) is 4.97. The van der Waals surface area contributed by atoms with Crippen LogP contribution in [-0.4, -0.2) is 25.2 Å². The fourth-order valence-electron chi connectivity index (χ4n) is 3.86. The topological polar surface area (TPSA) is 38.3 Å². The second-order valence-electron chi connectivity index (χ2n) is 6.03. The molecule has 0 aromatic heterocycles. The maximum absolute atomic E-state index is 12.2. The highest BCUT2D eigenvalue weighted by Gasteiger charge is 2.46. The van der Waals surface area contributed by atoms with Gasteiger partial charge in [0.2, 0.25) is 0 Å². The first kappa shape index (κ1) is 13.6. The molecule has 0 saturated carbocycles. The Morgan fingerprint density at radius 2 is 2.05 bits per heavy atom. The predicted octanol–water partition coefficient (Wildman–Crippen LogP) is 2.65. The third kappa shape index (κ3) is 2.35. The number of aryl methyl sites for hydroxylation is 1. The molecule has 1 aromatic carbocycles. The number of piperidine rings is 1. The predicted molar refractivity (Wildman–Crippen MR) is 78.6 cm³/mol. The van der Waals surface area contributed by atoms with E-state index in [4.69, 9.17) is 4.74 Å². The SMILES string of the molecule is CCc1ccc([C@H]2C[C@H]3CCC(N3)[C@H]2C(=O)OC)cc1. The molecule has 3 rings (SSSR count). The summed E-state index contributed by atoms with van der Waals surface area (Å²) in [5.41, 5.74) is 2.64. The summed E-state index contributed by atoms with van der Waals surface area (Å²) in [6.07, 6.45) is 4.37. The van der Waals surface area contributed by atoms with Gasteiger partial charge >= 0.3 is 5.97 Å². The van der Waals surface area contributed by atoms with Gasteiger partial charge in [-0.15, -0.1) is 0 Å². The molecule has 2 aliphatic heterocycles. The lowest BCUT2D eigenvalue weighted by molar-refractivity contribution is -0.148. The Morgan fingerprint density at radius 1 is 1.30 bits per heavy atom. The molecule has 4 atom stereocenters. The van der Waals surface area contributed by atoms with Crippen molar-refractivity contribution in [1.29, 1.82) is 0 Å². The average molecular weight is 273 g/mol. The van der Waals surface area contributed by atoms with E-state index in [9.17, 15) is 4.79 Å². The number of carbonyl (C=O) groups is 1. The maximum atomic E-state index is 12.2. The van der Waals surface area contributed by atoms with Crippen LogP contribution in [0.4, 0.5) is 0 Å². The van der Waals surface area contributed by atoms with Crippen molar-refractivity contribution in [3.05, 3.63) is 35.4 Å². The minimum absolute atomic E-state index is 0.0359. The molecule has 2 heterocycles. The molecule has 0 aliphatic carbocycles. The largest absolute Gasteiger partial charge is 0.469 e. The molecule has 0 radical (unpaired) electrons. The van der Waals surface area contributed by atoms with Crippen molar-refractivity contribution in [2.75, 3.05) is 7.11 Å². The van der Waals surface area contributed by atoms with Gasteiger partial charge in [-0.1, -0.05) is 31.2 Å². The van der Waals surface area contributed by atoms with Gasteiger partial charge in [0.05, 0.1) is 13.0 Å². The number of rotatable bonds is 3. The number of esters is 1. The number of methoxy groups -OCH3 is 1. The monoisotopic (exact) mass is 273 g/mol. The van der Waals surface area contributed by atoms with Gasteiger partial charge in [0.1, 0.15) is 0 Å². The Balaban J connectivity index is 1.89. The summed E-state index contributed by atoms with van der Waals surface area (Å²) in [5.74, 6) is 0.200. The summed E-state index contributed by atoms with van der Waals surface area (Å²) in [6, 6.07) is 9.63. The first-order valence-electron chi connectivity index (χ1n) is 7.65.